The standard InChI is InChI=1S/C22H19N3O4S/c1-15(26)24-20-5-3-4-6-22(20)30-21-12-9-18(25(27)28)13-16(21)14-23-17-7-10-19(29-2)11-8-17/h3-14H,1-2H3,(H,24,26). The molecule has 3 aromatic carbocycles. The van der Waals surface area contributed by atoms with E-state index in [9.17, 15) is 14.9 Å². The van der Waals surface area contributed by atoms with Gasteiger partial charge in [-0.25, -0.2) is 0 Å². The topological polar surface area (TPSA) is 93.8 Å². The average molecular weight is 421 g/mol. The number of ether oxygens (including phenoxy) is 1. The van der Waals surface area contributed by atoms with E-state index in [1.165, 1.54) is 30.8 Å². The summed E-state index contributed by atoms with van der Waals surface area (Å²) in [5, 5.41) is 14.0. The largest absolute Gasteiger partial charge is 0.497 e. The Morgan fingerprint density at radius 2 is 1.83 bits per heavy atom. The molecule has 0 aromatic heterocycles. The van der Waals surface area contributed by atoms with E-state index in [1.807, 2.05) is 18.2 Å². The molecule has 152 valence electrons. The van der Waals surface area contributed by atoms with Crippen LogP contribution < -0.4 is 10.1 Å². The number of methoxy groups -OCH3 is 1. The van der Waals surface area contributed by atoms with Gasteiger partial charge in [-0.1, -0.05) is 23.9 Å². The molecule has 3 aromatic rings. The van der Waals surface area contributed by atoms with Crippen LogP contribution in [0.5, 0.6) is 5.75 Å². The van der Waals surface area contributed by atoms with Gasteiger partial charge in [-0.15, -0.1) is 0 Å². The highest BCUT2D eigenvalue weighted by atomic mass is 32.2. The van der Waals surface area contributed by atoms with Gasteiger partial charge in [-0.3, -0.25) is 19.9 Å². The van der Waals surface area contributed by atoms with Crippen molar-refractivity contribution in [3.8, 4) is 5.75 Å². The van der Waals surface area contributed by atoms with Crippen molar-refractivity contribution in [1.82, 2.24) is 0 Å². The Labute approximate surface area is 178 Å². The molecule has 0 saturated heterocycles. The molecule has 1 amide bonds. The Morgan fingerprint density at radius 3 is 2.50 bits per heavy atom. The van der Waals surface area contributed by atoms with Crippen molar-refractivity contribution >= 4 is 40.9 Å². The van der Waals surface area contributed by atoms with Crippen LogP contribution in [-0.4, -0.2) is 24.2 Å². The first-order valence-electron chi connectivity index (χ1n) is 8.97. The minimum Gasteiger partial charge on any atom is -0.497 e. The number of benzene rings is 3. The van der Waals surface area contributed by atoms with Crippen molar-refractivity contribution < 1.29 is 14.5 Å². The van der Waals surface area contributed by atoms with E-state index >= 15 is 0 Å². The number of nitro benzene ring substituents is 1. The predicted octanol–water partition coefficient (Wildman–Crippen LogP) is 5.46. The summed E-state index contributed by atoms with van der Waals surface area (Å²) in [6.45, 7) is 1.44. The molecule has 30 heavy (non-hydrogen) atoms. The lowest BCUT2D eigenvalue weighted by atomic mass is 10.2. The third-order valence-corrected chi connectivity index (χ3v) is 5.21. The number of nitrogens with one attached hydrogen (secondary N) is 1. The third-order valence-electron chi connectivity index (χ3n) is 4.05. The highest BCUT2D eigenvalue weighted by Gasteiger charge is 2.13. The predicted molar refractivity (Wildman–Crippen MR) is 118 cm³/mol. The average Bonchev–Trinajstić information content (AvgIpc) is 2.74. The molecule has 0 radical (unpaired) electrons. The van der Waals surface area contributed by atoms with Gasteiger partial charge in [0.25, 0.3) is 5.69 Å². The number of anilines is 1. The summed E-state index contributed by atoms with van der Waals surface area (Å²) in [7, 11) is 1.59. The molecule has 0 atom stereocenters. The number of aliphatic imine (C=N–C) groups is 1. The first kappa shape index (κ1) is 21.1. The van der Waals surface area contributed by atoms with Crippen molar-refractivity contribution in [3.63, 3.8) is 0 Å². The van der Waals surface area contributed by atoms with Crippen LogP contribution in [0.1, 0.15) is 12.5 Å². The van der Waals surface area contributed by atoms with Crippen LogP contribution in [0.4, 0.5) is 17.1 Å². The van der Waals surface area contributed by atoms with Gasteiger partial charge in [-0.05, 0) is 42.5 Å². The normalized spacial score (nSPS) is 10.7. The van der Waals surface area contributed by atoms with Crippen LogP contribution in [0.2, 0.25) is 0 Å². The molecule has 3 rings (SSSR count). The second kappa shape index (κ2) is 9.71. The summed E-state index contributed by atoms with van der Waals surface area (Å²) in [6.07, 6.45) is 1.60. The van der Waals surface area contributed by atoms with Crippen LogP contribution in [0.25, 0.3) is 0 Å². The summed E-state index contributed by atoms with van der Waals surface area (Å²) in [6, 6.07) is 19.2. The number of para-hydroxylation sites is 1. The zero-order valence-corrected chi connectivity index (χ0v) is 17.2. The van der Waals surface area contributed by atoms with E-state index in [0.29, 0.717) is 16.9 Å². The van der Waals surface area contributed by atoms with Gasteiger partial charge in [0.15, 0.2) is 0 Å². The number of nitrogens with zero attached hydrogens (tertiary/aromatic N) is 2. The molecule has 0 fully saturated rings. The van der Waals surface area contributed by atoms with Gasteiger partial charge in [0.05, 0.1) is 23.4 Å². The summed E-state index contributed by atoms with van der Waals surface area (Å²) in [5.41, 5.74) is 1.94. The third kappa shape index (κ3) is 5.45. The molecular weight excluding hydrogens is 402 g/mol. The zero-order chi connectivity index (χ0) is 21.5. The summed E-state index contributed by atoms with van der Waals surface area (Å²) in [5.74, 6) is 0.545. The van der Waals surface area contributed by atoms with Gasteiger partial charge >= 0.3 is 0 Å². The number of non-ortho nitro benzene ring substituents is 1. The smallest absolute Gasteiger partial charge is 0.270 e. The van der Waals surface area contributed by atoms with E-state index in [0.717, 1.165) is 15.5 Å². The van der Waals surface area contributed by atoms with Gasteiger partial charge in [0.1, 0.15) is 5.75 Å². The SMILES string of the molecule is COc1ccc(N=Cc2cc([N+](=O)[O-])ccc2Sc2ccccc2NC(C)=O)cc1. The number of nitro groups is 1. The number of rotatable bonds is 7. The molecule has 1 N–H and O–H groups in total. The van der Waals surface area contributed by atoms with Crippen LogP contribution in [0.3, 0.4) is 0 Å². The van der Waals surface area contributed by atoms with E-state index in [4.69, 9.17) is 4.74 Å². The molecule has 0 aliphatic heterocycles. The van der Waals surface area contributed by atoms with Crippen molar-refractivity contribution in [3.05, 3.63) is 82.4 Å². The molecule has 0 aliphatic carbocycles. The maximum absolute atomic E-state index is 11.5. The Kier molecular flexibility index (Phi) is 6.82. The Hall–Kier alpha value is -3.65. The molecule has 7 nitrogen and oxygen atoms in total. The van der Waals surface area contributed by atoms with Crippen molar-refractivity contribution in [2.24, 2.45) is 4.99 Å². The maximum Gasteiger partial charge on any atom is 0.270 e. The van der Waals surface area contributed by atoms with E-state index in [-0.39, 0.29) is 11.6 Å². The Morgan fingerprint density at radius 1 is 1.10 bits per heavy atom. The first-order valence-corrected chi connectivity index (χ1v) is 9.79. The van der Waals surface area contributed by atoms with Crippen LogP contribution in [0.15, 0.2) is 81.5 Å². The lowest BCUT2D eigenvalue weighted by Crippen LogP contribution is -2.06. The van der Waals surface area contributed by atoms with Gasteiger partial charge in [-0.2, -0.15) is 0 Å². The Bertz CT molecular complexity index is 1100. The minimum atomic E-state index is -0.440. The van der Waals surface area contributed by atoms with E-state index < -0.39 is 4.92 Å². The highest BCUT2D eigenvalue weighted by molar-refractivity contribution is 7.99. The van der Waals surface area contributed by atoms with E-state index in [1.54, 1.807) is 49.7 Å². The lowest BCUT2D eigenvalue weighted by molar-refractivity contribution is -0.384. The van der Waals surface area contributed by atoms with Crippen LogP contribution >= 0.6 is 11.8 Å². The number of hydrogen-bond acceptors (Lipinski definition) is 6. The fourth-order valence-corrected chi connectivity index (χ4v) is 3.60. The number of hydrogen-bond donors (Lipinski definition) is 1. The summed E-state index contributed by atoms with van der Waals surface area (Å²) in [4.78, 5) is 28.3. The molecule has 0 spiro atoms. The fourth-order valence-electron chi connectivity index (χ4n) is 2.62. The van der Waals surface area contributed by atoms with Gasteiger partial charge in [0.2, 0.25) is 5.91 Å². The van der Waals surface area contributed by atoms with Crippen molar-refractivity contribution in [1.29, 1.82) is 0 Å². The highest BCUT2D eigenvalue weighted by Crippen LogP contribution is 2.36. The molecule has 0 heterocycles. The lowest BCUT2D eigenvalue weighted by Gasteiger charge is -2.11. The summed E-state index contributed by atoms with van der Waals surface area (Å²) < 4.78 is 5.14. The number of amides is 1. The van der Waals surface area contributed by atoms with Crippen LogP contribution in [0, 0.1) is 10.1 Å². The molecular formula is C22H19N3O4S. The van der Waals surface area contributed by atoms with Gasteiger partial charge in [0, 0.05) is 40.6 Å². The molecule has 0 bridgehead atoms. The molecule has 0 aliphatic rings. The van der Waals surface area contributed by atoms with E-state index in [2.05, 4.69) is 10.3 Å². The number of carbonyl (C=O) groups is 1. The maximum atomic E-state index is 11.5. The quantitative estimate of drug-likeness (QED) is 0.310. The fraction of sp³-hybridized carbons (Fsp3) is 0.0909. The van der Waals surface area contributed by atoms with Crippen molar-refractivity contribution in [2.75, 3.05) is 12.4 Å². The van der Waals surface area contributed by atoms with Crippen molar-refractivity contribution in [2.45, 2.75) is 16.7 Å². The zero-order valence-electron chi connectivity index (χ0n) is 16.4. The number of carbonyl (C=O) groups excluding carboxylic acids is 1. The minimum absolute atomic E-state index is 0.0225. The molecule has 0 saturated carbocycles. The first-order chi connectivity index (χ1) is 14.5. The Balaban J connectivity index is 1.95. The second-order valence-electron chi connectivity index (χ2n) is 6.21. The summed E-state index contributed by atoms with van der Waals surface area (Å²) >= 11 is 1.40. The van der Waals surface area contributed by atoms with Crippen LogP contribution in [-0.2, 0) is 4.79 Å². The molecule has 8 heteroatoms. The second-order valence-corrected chi connectivity index (χ2v) is 7.30. The molecule has 0 unspecified atom stereocenters. The monoisotopic (exact) mass is 421 g/mol. The van der Waals surface area contributed by atoms with Gasteiger partial charge < -0.3 is 10.1 Å².